The van der Waals surface area contributed by atoms with Crippen LogP contribution in [0.3, 0.4) is 0 Å². The van der Waals surface area contributed by atoms with Crippen molar-refractivity contribution >= 4 is 28.8 Å². The van der Waals surface area contributed by atoms with Crippen molar-refractivity contribution in [3.63, 3.8) is 0 Å². The lowest BCUT2D eigenvalue weighted by Crippen LogP contribution is -2.49. The molecule has 5 aliphatic rings. The molecule has 0 aromatic heterocycles. The fourth-order valence-electron chi connectivity index (χ4n) is 12.9. The Labute approximate surface area is 391 Å². The lowest BCUT2D eigenvalue weighted by molar-refractivity contribution is -0.207. The van der Waals surface area contributed by atoms with Gasteiger partial charge in [0.25, 0.3) is 0 Å². The Balaban J connectivity index is 0.000000294. The lowest BCUT2D eigenvalue weighted by atomic mass is 9.61. The number of ketones is 4. The minimum atomic E-state index is -0.471. The maximum Gasteiger partial charge on any atom is 0.235 e. The van der Waals surface area contributed by atoms with Gasteiger partial charge >= 0.3 is 0 Å². The summed E-state index contributed by atoms with van der Waals surface area (Å²) in [5, 5.41) is 12.4. The number of rotatable bonds is 12. The van der Waals surface area contributed by atoms with Gasteiger partial charge in [0.1, 0.15) is 23.1 Å². The second-order valence-electron chi connectivity index (χ2n) is 25.3. The third-order valence-corrected chi connectivity index (χ3v) is 14.4. The average Bonchev–Trinajstić information content (AvgIpc) is 3.57. The van der Waals surface area contributed by atoms with Gasteiger partial charge in [-0.2, -0.15) is 0 Å². The summed E-state index contributed by atoms with van der Waals surface area (Å²) < 4.78 is 11.5. The minimum absolute atomic E-state index is 0.00798. The SMILES string of the molecule is CCCCC(=O)C1(C)C/C(=N/O)CC(C)(C)C1.CCCCC(=O)C1(C)CC(=O)CC(C)(C)C1.CCCCC(=O)C1(C)CC(N)CC(C)(C)C1.[C-]#[N+]C1(C)CC(C)(C)CC2(C1)OCCO2. The third-order valence-electron chi connectivity index (χ3n) is 14.4. The first-order valence-corrected chi connectivity index (χ1v) is 25.0. The number of carbonyl (C=O) groups excluding carboxylic acids is 4. The van der Waals surface area contributed by atoms with Crippen LogP contribution in [-0.4, -0.2) is 64.6 Å². The number of nitrogens with two attached hydrogens (primary N) is 1. The summed E-state index contributed by atoms with van der Waals surface area (Å²) in [5.74, 6) is 0.825. The first kappa shape index (κ1) is 57.6. The molecule has 3 N–H and O–H groups in total. The molecule has 5 fully saturated rings. The van der Waals surface area contributed by atoms with Gasteiger partial charge in [-0.05, 0) is 79.4 Å². The molecule has 10 heteroatoms. The van der Waals surface area contributed by atoms with Crippen LogP contribution in [0.1, 0.15) is 239 Å². The molecule has 4 saturated carbocycles. The van der Waals surface area contributed by atoms with Crippen molar-refractivity contribution in [2.45, 2.75) is 256 Å². The molecule has 0 amide bonds. The highest BCUT2D eigenvalue weighted by Gasteiger charge is 2.56. The maximum absolute atomic E-state index is 12.3. The fourth-order valence-corrected chi connectivity index (χ4v) is 12.9. The maximum atomic E-state index is 12.3. The van der Waals surface area contributed by atoms with E-state index in [0.717, 1.165) is 102 Å². The first-order chi connectivity index (χ1) is 29.3. The molecule has 1 heterocycles. The summed E-state index contributed by atoms with van der Waals surface area (Å²) in [6.45, 7) is 40.5. The summed E-state index contributed by atoms with van der Waals surface area (Å²) in [5.41, 5.74) is 6.03. The quantitative estimate of drug-likeness (QED) is 0.112. The zero-order chi connectivity index (χ0) is 49.1. The van der Waals surface area contributed by atoms with Gasteiger partial charge in [-0.25, -0.2) is 6.57 Å². The van der Waals surface area contributed by atoms with E-state index in [1.54, 1.807) is 0 Å². The summed E-state index contributed by atoms with van der Waals surface area (Å²) in [6.07, 6.45) is 17.8. The summed E-state index contributed by atoms with van der Waals surface area (Å²) in [4.78, 5) is 52.2. The number of oxime groups is 1. The van der Waals surface area contributed by atoms with Crippen LogP contribution in [0, 0.1) is 44.5 Å². The van der Waals surface area contributed by atoms with E-state index in [1.165, 1.54) is 0 Å². The Kier molecular flexibility index (Phi) is 20.7. The third kappa shape index (κ3) is 17.6. The fraction of sp³-hybridized carbons (Fsp3) is 0.889. The Morgan fingerprint density at radius 1 is 0.609 bits per heavy atom. The average molecular weight is 898 g/mol. The molecule has 368 valence electrons. The van der Waals surface area contributed by atoms with E-state index in [-0.39, 0.29) is 55.6 Å². The number of hydrogen-bond donors (Lipinski definition) is 2. The van der Waals surface area contributed by atoms with Crippen LogP contribution >= 0.6 is 0 Å². The molecule has 64 heavy (non-hydrogen) atoms. The first-order valence-electron chi connectivity index (χ1n) is 25.0. The second kappa shape index (κ2) is 23.0. The highest BCUT2D eigenvalue weighted by atomic mass is 16.7. The van der Waals surface area contributed by atoms with E-state index in [1.807, 2.05) is 20.8 Å². The summed E-state index contributed by atoms with van der Waals surface area (Å²) in [7, 11) is 0. The van der Waals surface area contributed by atoms with Crippen LogP contribution in [0.2, 0.25) is 0 Å². The van der Waals surface area contributed by atoms with Gasteiger partial charge in [0.2, 0.25) is 5.54 Å². The van der Waals surface area contributed by atoms with E-state index in [4.69, 9.17) is 27.0 Å². The molecule has 10 nitrogen and oxygen atoms in total. The van der Waals surface area contributed by atoms with Crippen LogP contribution in [0.4, 0.5) is 0 Å². The van der Waals surface area contributed by atoms with Crippen molar-refractivity contribution in [3.8, 4) is 0 Å². The Bertz CT molecular complexity index is 1650. The molecule has 4 aliphatic carbocycles. The number of unbranched alkanes of at least 4 members (excludes halogenated alkanes) is 3. The molecule has 5 rings (SSSR count). The van der Waals surface area contributed by atoms with E-state index < -0.39 is 11.2 Å². The van der Waals surface area contributed by atoms with Gasteiger partial charge in [0.05, 0.1) is 25.3 Å². The number of hydrogen-bond acceptors (Lipinski definition) is 9. The molecule has 5 unspecified atom stereocenters. The van der Waals surface area contributed by atoms with Crippen molar-refractivity contribution < 1.29 is 33.9 Å². The minimum Gasteiger partial charge on any atom is -0.411 e. The molecule has 0 aromatic carbocycles. The highest BCUT2D eigenvalue weighted by Crippen LogP contribution is 2.51. The van der Waals surface area contributed by atoms with E-state index >= 15 is 0 Å². The summed E-state index contributed by atoms with van der Waals surface area (Å²) in [6, 6.07) is 0.194. The largest absolute Gasteiger partial charge is 0.411 e. The van der Waals surface area contributed by atoms with E-state index in [9.17, 15) is 19.2 Å². The smallest absolute Gasteiger partial charge is 0.235 e. The van der Waals surface area contributed by atoms with Crippen molar-refractivity contribution in [1.82, 2.24) is 0 Å². The Hall–Kier alpha value is -2.48. The molecule has 0 radical (unpaired) electrons. The van der Waals surface area contributed by atoms with Crippen LogP contribution < -0.4 is 5.73 Å². The summed E-state index contributed by atoms with van der Waals surface area (Å²) >= 11 is 0. The number of carbonyl (C=O) groups is 4. The van der Waals surface area contributed by atoms with Gasteiger partial charge in [-0.1, -0.05) is 121 Å². The zero-order valence-electron chi connectivity index (χ0n) is 43.7. The van der Waals surface area contributed by atoms with Gasteiger partial charge in [0.15, 0.2) is 5.79 Å². The van der Waals surface area contributed by atoms with E-state index in [0.29, 0.717) is 63.3 Å². The molecule has 0 bridgehead atoms. The molecular formula is C54H95N3O7. The molecule has 1 aliphatic heterocycles. The normalized spacial score (nSPS) is 32.6. The van der Waals surface area contributed by atoms with E-state index in [2.05, 4.69) is 93.1 Å². The number of Topliss-reactive ketones (excluding diaryl/α,β-unsaturated/α-hetero) is 4. The lowest BCUT2D eigenvalue weighted by Gasteiger charge is -2.44. The monoisotopic (exact) mass is 898 g/mol. The van der Waals surface area contributed by atoms with Crippen molar-refractivity contribution in [3.05, 3.63) is 11.4 Å². The standard InChI is InChI=1S/C14H25NO2.C14H27NO.C14H24O2.C12H19NO2/c1-5-6-7-12(16)14(4)9-11(15-17)8-13(2,3)10-14;2*1-5-6-7-12(16)14(4)9-11(15)8-13(2,3)10-14;1-10(2)7-11(3,13-4)9-12(8-10)14-5-6-15-12/h17H,5-10H2,1-4H3;11H,5-10,15H2,1-4H3;5-10H2,1-4H3;5-9H2,1-3H3/b15-11+;;;. The molecule has 5 atom stereocenters. The Morgan fingerprint density at radius 2 is 1.05 bits per heavy atom. The zero-order valence-corrected chi connectivity index (χ0v) is 43.7. The Morgan fingerprint density at radius 3 is 1.47 bits per heavy atom. The van der Waals surface area contributed by atoms with Crippen molar-refractivity contribution in [1.29, 1.82) is 0 Å². The predicted octanol–water partition coefficient (Wildman–Crippen LogP) is 13.2. The highest BCUT2D eigenvalue weighted by molar-refractivity contribution is 5.94. The predicted molar refractivity (Wildman–Crippen MR) is 260 cm³/mol. The number of nitrogens with zero attached hydrogens (tertiary/aromatic N) is 2. The van der Waals surface area contributed by atoms with Gasteiger partial charge in [-0.3, -0.25) is 19.2 Å². The van der Waals surface area contributed by atoms with Crippen molar-refractivity contribution in [2.75, 3.05) is 13.2 Å². The van der Waals surface area contributed by atoms with Crippen LogP contribution in [0.25, 0.3) is 4.85 Å². The number of ether oxygens (including phenoxy) is 2. The topological polar surface area (TPSA) is 150 Å². The van der Waals surface area contributed by atoms with Crippen LogP contribution in [-0.2, 0) is 28.7 Å². The van der Waals surface area contributed by atoms with Gasteiger partial charge in [-0.15, -0.1) is 0 Å². The molecule has 1 spiro atoms. The molecule has 1 saturated heterocycles. The van der Waals surface area contributed by atoms with Gasteiger partial charge < -0.3 is 25.3 Å². The van der Waals surface area contributed by atoms with Crippen LogP contribution in [0.15, 0.2) is 5.16 Å². The molecule has 0 aromatic rings. The van der Waals surface area contributed by atoms with Crippen molar-refractivity contribution in [2.24, 2.45) is 48.8 Å². The second-order valence-corrected chi connectivity index (χ2v) is 25.3. The van der Waals surface area contributed by atoms with Gasteiger partial charge in [0, 0.05) is 80.6 Å². The molecular weight excluding hydrogens is 803 g/mol. The van der Waals surface area contributed by atoms with Crippen LogP contribution in [0.5, 0.6) is 0 Å².